The van der Waals surface area contributed by atoms with Gasteiger partial charge in [0.15, 0.2) is 0 Å². The van der Waals surface area contributed by atoms with Crippen LogP contribution < -0.4 is 4.90 Å². The zero-order valence-electron chi connectivity index (χ0n) is 13.0. The molecule has 1 aliphatic rings. The number of quaternary nitrogens is 1. The number of rotatable bonds is 4. The number of piperazine rings is 1. The van der Waals surface area contributed by atoms with Crippen LogP contribution >= 0.6 is 0 Å². The quantitative estimate of drug-likeness (QED) is 0.910. The van der Waals surface area contributed by atoms with Crippen molar-refractivity contribution in [2.24, 2.45) is 0 Å². The van der Waals surface area contributed by atoms with Crippen LogP contribution in [-0.4, -0.2) is 50.3 Å². The molecule has 114 valence electrons. The lowest BCUT2D eigenvalue weighted by atomic mass is 10.1. The van der Waals surface area contributed by atoms with E-state index in [0.29, 0.717) is 6.61 Å². The number of hydrogen-bond acceptors (Lipinski definition) is 2. The standard InChI is InChI=1S/C17H24N2O2/c1-3-21-17(20)19-11-9-18(10-12-19)14-15(2)13-16-7-5-4-6-8-16/h4-8,13H,3,9-12,14H2,1-2H3/p+1/b15-13+. The Morgan fingerprint density at radius 2 is 1.95 bits per heavy atom. The smallest absolute Gasteiger partial charge is 0.410 e. The molecule has 0 atom stereocenters. The van der Waals surface area contributed by atoms with Crippen LogP contribution in [0.4, 0.5) is 4.79 Å². The third-order valence-electron chi connectivity index (χ3n) is 3.74. The lowest BCUT2D eigenvalue weighted by Gasteiger charge is -2.31. The summed E-state index contributed by atoms with van der Waals surface area (Å²) in [5.41, 5.74) is 2.63. The van der Waals surface area contributed by atoms with Crippen molar-refractivity contribution in [3.63, 3.8) is 0 Å². The van der Waals surface area contributed by atoms with E-state index >= 15 is 0 Å². The number of nitrogens with one attached hydrogen (secondary N) is 1. The summed E-state index contributed by atoms with van der Waals surface area (Å²) in [6, 6.07) is 10.4. The maximum absolute atomic E-state index is 11.7. The van der Waals surface area contributed by atoms with Crippen LogP contribution in [0.2, 0.25) is 0 Å². The van der Waals surface area contributed by atoms with Gasteiger partial charge in [-0.2, -0.15) is 0 Å². The van der Waals surface area contributed by atoms with Crippen molar-refractivity contribution >= 4 is 12.2 Å². The SMILES string of the molecule is CCOC(=O)N1CC[NH+](C/C(C)=C/c2ccccc2)CC1. The van der Waals surface area contributed by atoms with E-state index in [1.807, 2.05) is 17.9 Å². The summed E-state index contributed by atoms with van der Waals surface area (Å²) in [5, 5.41) is 0. The number of carbonyl (C=O) groups excluding carboxylic acids is 1. The molecule has 1 aromatic rings. The average molecular weight is 289 g/mol. The van der Waals surface area contributed by atoms with Crippen molar-refractivity contribution in [1.82, 2.24) is 4.90 Å². The van der Waals surface area contributed by atoms with E-state index in [1.165, 1.54) is 16.0 Å². The molecule has 1 aromatic carbocycles. The zero-order chi connectivity index (χ0) is 15.1. The molecule has 0 bridgehead atoms. The Morgan fingerprint density at radius 3 is 2.57 bits per heavy atom. The predicted octanol–water partition coefficient (Wildman–Crippen LogP) is 1.45. The molecule has 0 unspecified atom stereocenters. The summed E-state index contributed by atoms with van der Waals surface area (Å²) < 4.78 is 5.04. The molecule has 0 aliphatic carbocycles. The molecule has 0 aromatic heterocycles. The Morgan fingerprint density at radius 1 is 1.29 bits per heavy atom. The van der Waals surface area contributed by atoms with Crippen LogP contribution in [-0.2, 0) is 4.74 Å². The van der Waals surface area contributed by atoms with Gasteiger partial charge in [0.25, 0.3) is 0 Å². The van der Waals surface area contributed by atoms with Gasteiger partial charge in [0.05, 0.1) is 39.3 Å². The van der Waals surface area contributed by atoms with Gasteiger partial charge in [-0.3, -0.25) is 4.90 Å². The first-order valence-corrected chi connectivity index (χ1v) is 7.66. The molecule has 4 heteroatoms. The molecule has 0 saturated carbocycles. The van der Waals surface area contributed by atoms with Gasteiger partial charge in [-0.05, 0) is 25.0 Å². The van der Waals surface area contributed by atoms with E-state index in [-0.39, 0.29) is 6.09 Å². The summed E-state index contributed by atoms with van der Waals surface area (Å²) >= 11 is 0. The number of benzene rings is 1. The predicted molar refractivity (Wildman–Crippen MR) is 84.3 cm³/mol. The highest BCUT2D eigenvalue weighted by atomic mass is 16.6. The molecule has 21 heavy (non-hydrogen) atoms. The van der Waals surface area contributed by atoms with Gasteiger partial charge in [0.2, 0.25) is 0 Å². The third-order valence-corrected chi connectivity index (χ3v) is 3.74. The van der Waals surface area contributed by atoms with E-state index in [1.54, 1.807) is 0 Å². The normalized spacial score (nSPS) is 16.9. The van der Waals surface area contributed by atoms with Crippen molar-refractivity contribution in [2.45, 2.75) is 13.8 Å². The van der Waals surface area contributed by atoms with Crippen molar-refractivity contribution in [3.05, 3.63) is 41.5 Å². The van der Waals surface area contributed by atoms with Crippen LogP contribution in [0.15, 0.2) is 35.9 Å². The molecule has 0 spiro atoms. The van der Waals surface area contributed by atoms with Crippen LogP contribution in [0.25, 0.3) is 6.08 Å². The Hall–Kier alpha value is -1.81. The van der Waals surface area contributed by atoms with E-state index in [9.17, 15) is 4.79 Å². The Bertz CT molecular complexity index is 477. The van der Waals surface area contributed by atoms with Crippen LogP contribution in [0.1, 0.15) is 19.4 Å². The van der Waals surface area contributed by atoms with E-state index < -0.39 is 0 Å². The Labute approximate surface area is 127 Å². The minimum atomic E-state index is -0.173. The van der Waals surface area contributed by atoms with Gasteiger partial charge >= 0.3 is 6.09 Å². The lowest BCUT2D eigenvalue weighted by molar-refractivity contribution is -0.899. The summed E-state index contributed by atoms with van der Waals surface area (Å²) in [6.07, 6.45) is 2.07. The van der Waals surface area contributed by atoms with Crippen molar-refractivity contribution in [1.29, 1.82) is 0 Å². The second-order valence-electron chi connectivity index (χ2n) is 5.51. The maximum atomic E-state index is 11.7. The lowest BCUT2D eigenvalue weighted by Crippen LogP contribution is -3.15. The number of hydrogen-bond donors (Lipinski definition) is 1. The topological polar surface area (TPSA) is 34.0 Å². The maximum Gasteiger partial charge on any atom is 0.410 e. The van der Waals surface area contributed by atoms with Gasteiger partial charge in [-0.1, -0.05) is 36.4 Å². The molecular formula is C17H25N2O2+. The highest BCUT2D eigenvalue weighted by molar-refractivity contribution is 5.67. The van der Waals surface area contributed by atoms with Crippen molar-refractivity contribution in [2.75, 3.05) is 39.3 Å². The second kappa shape index (κ2) is 7.84. The third kappa shape index (κ3) is 4.90. The van der Waals surface area contributed by atoms with E-state index in [2.05, 4.69) is 37.3 Å². The number of ether oxygens (including phenoxy) is 1. The molecule has 1 fully saturated rings. The average Bonchev–Trinajstić information content (AvgIpc) is 2.49. The molecule has 1 N–H and O–H groups in total. The Kier molecular flexibility index (Phi) is 5.81. The highest BCUT2D eigenvalue weighted by Gasteiger charge is 2.24. The van der Waals surface area contributed by atoms with Gasteiger partial charge in [0, 0.05) is 0 Å². The molecule has 1 saturated heterocycles. The van der Waals surface area contributed by atoms with E-state index in [0.717, 1.165) is 32.7 Å². The fourth-order valence-corrected chi connectivity index (χ4v) is 2.68. The minimum absolute atomic E-state index is 0.173. The molecular weight excluding hydrogens is 264 g/mol. The summed E-state index contributed by atoms with van der Waals surface area (Å²) in [7, 11) is 0. The van der Waals surface area contributed by atoms with Gasteiger partial charge < -0.3 is 9.64 Å². The number of nitrogens with zero attached hydrogens (tertiary/aromatic N) is 1. The van der Waals surface area contributed by atoms with Crippen LogP contribution in [0.5, 0.6) is 0 Å². The molecule has 1 amide bonds. The summed E-state index contributed by atoms with van der Waals surface area (Å²) in [6.45, 7) is 9.04. The number of amides is 1. The second-order valence-corrected chi connectivity index (χ2v) is 5.51. The fraction of sp³-hybridized carbons (Fsp3) is 0.471. The fourth-order valence-electron chi connectivity index (χ4n) is 2.68. The van der Waals surface area contributed by atoms with Crippen LogP contribution in [0, 0.1) is 0 Å². The largest absolute Gasteiger partial charge is 0.450 e. The van der Waals surface area contributed by atoms with Gasteiger partial charge in [-0.25, -0.2) is 4.79 Å². The Balaban J connectivity index is 1.81. The van der Waals surface area contributed by atoms with Gasteiger partial charge in [-0.15, -0.1) is 0 Å². The van der Waals surface area contributed by atoms with E-state index in [4.69, 9.17) is 4.74 Å². The molecule has 1 aliphatic heterocycles. The minimum Gasteiger partial charge on any atom is -0.450 e. The van der Waals surface area contributed by atoms with Crippen LogP contribution in [0.3, 0.4) is 0 Å². The first-order chi connectivity index (χ1) is 10.2. The van der Waals surface area contributed by atoms with Gasteiger partial charge in [0.1, 0.15) is 0 Å². The van der Waals surface area contributed by atoms with Crippen molar-refractivity contribution in [3.8, 4) is 0 Å². The molecule has 2 rings (SSSR count). The molecule has 1 heterocycles. The zero-order valence-corrected chi connectivity index (χ0v) is 13.0. The first kappa shape index (κ1) is 15.6. The highest BCUT2D eigenvalue weighted by Crippen LogP contribution is 2.04. The first-order valence-electron chi connectivity index (χ1n) is 7.66. The van der Waals surface area contributed by atoms with Crippen molar-refractivity contribution < 1.29 is 14.4 Å². The molecule has 4 nitrogen and oxygen atoms in total. The summed E-state index contributed by atoms with van der Waals surface area (Å²) in [4.78, 5) is 15.0. The molecule has 0 radical (unpaired) electrons. The monoisotopic (exact) mass is 289 g/mol. The summed E-state index contributed by atoms with van der Waals surface area (Å²) in [5.74, 6) is 0. The number of carbonyl (C=O) groups is 1.